The highest BCUT2D eigenvalue weighted by atomic mass is 16.3. The van der Waals surface area contributed by atoms with Crippen molar-refractivity contribution in [3.8, 4) is 0 Å². The van der Waals surface area contributed by atoms with E-state index in [9.17, 15) is 14.4 Å². The van der Waals surface area contributed by atoms with Crippen molar-refractivity contribution in [2.24, 2.45) is 0 Å². The molecule has 0 saturated heterocycles. The number of hydrogen-bond donors (Lipinski definition) is 2. The van der Waals surface area contributed by atoms with Gasteiger partial charge in [0.1, 0.15) is 17.6 Å². The van der Waals surface area contributed by atoms with Gasteiger partial charge in [-0.25, -0.2) is 9.36 Å². The summed E-state index contributed by atoms with van der Waals surface area (Å²) in [4.78, 5) is 38.7. The van der Waals surface area contributed by atoms with Gasteiger partial charge in [-0.2, -0.15) is 0 Å². The maximum absolute atomic E-state index is 12.4. The minimum Gasteiger partial charge on any atom is -0.449 e. The number of para-hydroxylation sites is 1. The predicted octanol–water partition coefficient (Wildman–Crippen LogP) is 0.738. The molecule has 0 radical (unpaired) electrons. The lowest BCUT2D eigenvalue weighted by Crippen LogP contribution is -2.40. The third-order valence-electron chi connectivity index (χ3n) is 3.26. The molecular formula is C15H13N3O4. The molecule has 0 spiro atoms. The second kappa shape index (κ2) is 5.36. The largest absolute Gasteiger partial charge is 0.449 e. The first-order valence-electron chi connectivity index (χ1n) is 6.64. The Kier molecular flexibility index (Phi) is 3.38. The van der Waals surface area contributed by atoms with Crippen LogP contribution in [0.2, 0.25) is 0 Å². The molecule has 2 aromatic heterocycles. The minimum absolute atomic E-state index is 0.0253. The Labute approximate surface area is 123 Å². The van der Waals surface area contributed by atoms with Gasteiger partial charge in [0.25, 0.3) is 5.56 Å². The van der Waals surface area contributed by atoms with Crippen molar-refractivity contribution in [1.29, 1.82) is 0 Å². The van der Waals surface area contributed by atoms with E-state index in [-0.39, 0.29) is 18.7 Å². The molecule has 2 heterocycles. The molecule has 112 valence electrons. The lowest BCUT2D eigenvalue weighted by Gasteiger charge is -2.04. The number of hydrogen-bond acceptors (Lipinski definition) is 4. The number of furan rings is 1. The number of benzene rings is 1. The highest BCUT2D eigenvalue weighted by molar-refractivity contribution is 6.01. The molecule has 22 heavy (non-hydrogen) atoms. The summed E-state index contributed by atoms with van der Waals surface area (Å²) in [5, 5.41) is 3.16. The Balaban J connectivity index is 2.14. The Morgan fingerprint density at radius 3 is 2.91 bits per heavy atom. The summed E-state index contributed by atoms with van der Waals surface area (Å²) in [5.74, 6) is -0.456. The summed E-state index contributed by atoms with van der Waals surface area (Å²) in [5.41, 5.74) is -0.425. The van der Waals surface area contributed by atoms with Crippen molar-refractivity contribution >= 4 is 28.0 Å². The number of carbonyl (C=O) groups is 1. The van der Waals surface area contributed by atoms with E-state index in [0.29, 0.717) is 16.5 Å². The molecule has 7 nitrogen and oxygen atoms in total. The van der Waals surface area contributed by atoms with Crippen LogP contribution in [-0.2, 0) is 11.3 Å². The first-order chi connectivity index (χ1) is 10.6. The Morgan fingerprint density at radius 1 is 1.36 bits per heavy atom. The molecule has 0 aliphatic carbocycles. The van der Waals surface area contributed by atoms with Crippen LogP contribution in [-0.4, -0.2) is 22.0 Å². The first-order valence-corrected chi connectivity index (χ1v) is 6.64. The van der Waals surface area contributed by atoms with Gasteiger partial charge in [0, 0.05) is 11.9 Å². The summed E-state index contributed by atoms with van der Waals surface area (Å²) in [6.45, 7) is 3.36. The van der Waals surface area contributed by atoms with E-state index in [1.807, 2.05) is 0 Å². The number of rotatable bonds is 4. The van der Waals surface area contributed by atoms with Gasteiger partial charge >= 0.3 is 5.69 Å². The number of carbonyl (C=O) groups excluding carboxylic acids is 1. The highest BCUT2D eigenvalue weighted by Crippen LogP contribution is 2.23. The van der Waals surface area contributed by atoms with Crippen LogP contribution in [0.1, 0.15) is 0 Å². The van der Waals surface area contributed by atoms with Crippen LogP contribution < -0.4 is 16.6 Å². The van der Waals surface area contributed by atoms with Crippen LogP contribution in [0.4, 0.5) is 0 Å². The van der Waals surface area contributed by atoms with Crippen LogP contribution in [0.5, 0.6) is 0 Å². The van der Waals surface area contributed by atoms with E-state index >= 15 is 0 Å². The van der Waals surface area contributed by atoms with Gasteiger partial charge in [-0.3, -0.25) is 9.59 Å². The molecule has 0 saturated carbocycles. The summed E-state index contributed by atoms with van der Waals surface area (Å²) in [6.07, 6.45) is 1.51. The van der Waals surface area contributed by atoms with Gasteiger partial charge in [0.15, 0.2) is 0 Å². The lowest BCUT2D eigenvalue weighted by molar-refractivity contribution is -0.121. The van der Waals surface area contributed by atoms with Crippen molar-refractivity contribution in [3.05, 3.63) is 57.8 Å². The molecule has 0 atom stereocenters. The summed E-state index contributed by atoms with van der Waals surface area (Å²) >= 11 is 0. The van der Waals surface area contributed by atoms with Crippen molar-refractivity contribution in [2.75, 3.05) is 6.54 Å². The van der Waals surface area contributed by atoms with Gasteiger partial charge in [0.2, 0.25) is 11.5 Å². The van der Waals surface area contributed by atoms with Gasteiger partial charge in [0.05, 0.1) is 0 Å². The predicted molar refractivity (Wildman–Crippen MR) is 81.8 cm³/mol. The molecule has 3 rings (SSSR count). The Morgan fingerprint density at radius 2 is 2.14 bits per heavy atom. The van der Waals surface area contributed by atoms with Gasteiger partial charge in [-0.15, -0.1) is 6.58 Å². The lowest BCUT2D eigenvalue weighted by atomic mass is 10.2. The fourth-order valence-electron chi connectivity index (χ4n) is 2.24. The van der Waals surface area contributed by atoms with Crippen molar-refractivity contribution in [1.82, 2.24) is 14.9 Å². The van der Waals surface area contributed by atoms with E-state index in [1.54, 1.807) is 24.3 Å². The van der Waals surface area contributed by atoms with Crippen LogP contribution >= 0.6 is 0 Å². The van der Waals surface area contributed by atoms with E-state index in [2.05, 4.69) is 16.9 Å². The van der Waals surface area contributed by atoms with Crippen molar-refractivity contribution < 1.29 is 9.21 Å². The van der Waals surface area contributed by atoms with Crippen LogP contribution in [0.25, 0.3) is 22.1 Å². The van der Waals surface area contributed by atoms with Crippen LogP contribution in [0, 0.1) is 0 Å². The summed E-state index contributed by atoms with van der Waals surface area (Å²) < 4.78 is 6.30. The minimum atomic E-state index is -0.655. The Hall–Kier alpha value is -3.09. The summed E-state index contributed by atoms with van der Waals surface area (Å²) in [7, 11) is 0. The van der Waals surface area contributed by atoms with Gasteiger partial charge in [-0.05, 0) is 12.1 Å². The average molecular weight is 299 g/mol. The van der Waals surface area contributed by atoms with Crippen molar-refractivity contribution in [2.45, 2.75) is 6.54 Å². The monoisotopic (exact) mass is 299 g/mol. The average Bonchev–Trinajstić information content (AvgIpc) is 2.88. The SMILES string of the molecule is C=CCNC(=O)Cn1c(=O)[nH]c2c(oc3ccccc32)c1=O. The number of nitrogens with zero attached hydrogens (tertiary/aromatic N) is 1. The smallest absolute Gasteiger partial charge is 0.329 e. The molecule has 0 bridgehead atoms. The zero-order valence-electron chi connectivity index (χ0n) is 11.6. The fourth-order valence-corrected chi connectivity index (χ4v) is 2.24. The molecule has 0 fully saturated rings. The normalized spacial score (nSPS) is 10.9. The number of aromatic nitrogens is 2. The molecule has 1 aromatic carbocycles. The second-order valence-electron chi connectivity index (χ2n) is 4.72. The first kappa shape index (κ1) is 13.9. The third kappa shape index (κ3) is 2.22. The summed E-state index contributed by atoms with van der Waals surface area (Å²) in [6, 6.07) is 7.00. The molecule has 2 N–H and O–H groups in total. The quantitative estimate of drug-likeness (QED) is 0.694. The second-order valence-corrected chi connectivity index (χ2v) is 4.72. The van der Waals surface area contributed by atoms with Crippen molar-refractivity contribution in [3.63, 3.8) is 0 Å². The molecular weight excluding hydrogens is 286 g/mol. The van der Waals surface area contributed by atoms with Crippen LogP contribution in [0.3, 0.4) is 0 Å². The molecule has 1 amide bonds. The number of fused-ring (bicyclic) bond motifs is 3. The highest BCUT2D eigenvalue weighted by Gasteiger charge is 2.16. The standard InChI is InChI=1S/C15H13N3O4/c1-2-7-16-11(19)8-18-14(20)13-12(17-15(18)21)9-5-3-4-6-10(9)22-13/h2-6H,1,7-8H2,(H,16,19)(H,17,21). The van der Waals surface area contributed by atoms with E-state index in [4.69, 9.17) is 4.42 Å². The maximum atomic E-state index is 12.4. The zero-order valence-corrected chi connectivity index (χ0v) is 11.6. The maximum Gasteiger partial charge on any atom is 0.329 e. The number of amides is 1. The van der Waals surface area contributed by atoms with E-state index < -0.39 is 17.2 Å². The molecule has 7 heteroatoms. The number of aromatic amines is 1. The molecule has 0 aliphatic heterocycles. The number of nitrogens with one attached hydrogen (secondary N) is 2. The molecule has 0 unspecified atom stereocenters. The van der Waals surface area contributed by atoms with Gasteiger partial charge < -0.3 is 14.7 Å². The molecule has 3 aromatic rings. The fraction of sp³-hybridized carbons (Fsp3) is 0.133. The molecule has 0 aliphatic rings. The van der Waals surface area contributed by atoms with E-state index in [1.165, 1.54) is 6.08 Å². The van der Waals surface area contributed by atoms with Crippen LogP contribution in [0.15, 0.2) is 50.9 Å². The topological polar surface area (TPSA) is 97.1 Å². The Bertz CT molecular complexity index is 993. The van der Waals surface area contributed by atoms with E-state index in [0.717, 1.165) is 4.57 Å². The number of H-pyrrole nitrogens is 1. The third-order valence-corrected chi connectivity index (χ3v) is 3.26. The zero-order chi connectivity index (χ0) is 15.7. The van der Waals surface area contributed by atoms with Gasteiger partial charge in [-0.1, -0.05) is 18.2 Å².